The first kappa shape index (κ1) is 18.5. The first-order valence-corrected chi connectivity index (χ1v) is 9.14. The molecule has 138 valence electrons. The van der Waals surface area contributed by atoms with Gasteiger partial charge in [0.05, 0.1) is 5.69 Å². The van der Waals surface area contributed by atoms with Crippen molar-refractivity contribution in [3.05, 3.63) is 57.1 Å². The van der Waals surface area contributed by atoms with Crippen molar-refractivity contribution >= 4 is 23.4 Å². The summed E-state index contributed by atoms with van der Waals surface area (Å²) in [7, 11) is 0. The van der Waals surface area contributed by atoms with Crippen LogP contribution in [0.4, 0.5) is 5.82 Å². The maximum atomic E-state index is 12.9. The Morgan fingerprint density at radius 1 is 1.38 bits per heavy atom. The number of nitrogens with one attached hydrogen (secondary N) is 1. The van der Waals surface area contributed by atoms with E-state index >= 15 is 0 Å². The molecule has 0 spiro atoms. The highest BCUT2D eigenvalue weighted by molar-refractivity contribution is 6.30. The molecular weight excluding hydrogens is 354 g/mol. The largest absolute Gasteiger partial charge is 0.480 e. The van der Waals surface area contributed by atoms with Crippen molar-refractivity contribution in [1.82, 2.24) is 9.55 Å². The number of carboxylic acid groups (broad SMARTS) is 1. The van der Waals surface area contributed by atoms with Crippen molar-refractivity contribution < 1.29 is 9.90 Å². The molecular formula is C19H22ClN3O3. The highest BCUT2D eigenvalue weighted by Gasteiger charge is 2.26. The molecule has 3 rings (SSSR count). The lowest BCUT2D eigenvalue weighted by Gasteiger charge is -2.20. The molecule has 1 saturated carbocycles. The summed E-state index contributed by atoms with van der Waals surface area (Å²) >= 11 is 6.19. The number of anilines is 1. The van der Waals surface area contributed by atoms with Gasteiger partial charge in [0.2, 0.25) is 0 Å². The quantitative estimate of drug-likeness (QED) is 0.739. The molecule has 0 saturated heterocycles. The molecule has 1 aliphatic carbocycles. The standard InChI is InChI=1S/C19H22ClN3O3/c1-12-16(20)22-17(21-10-9-13-7-8-13)18(24)23(12)15(19(25)26)11-14-5-3-2-4-6-14/h2-6,13,15H,7-11H2,1H3,(H,21,22)(H,25,26). The summed E-state index contributed by atoms with van der Waals surface area (Å²) in [6.45, 7) is 2.24. The zero-order chi connectivity index (χ0) is 18.7. The number of halogens is 1. The predicted octanol–water partition coefficient (Wildman–Crippen LogP) is 3.29. The van der Waals surface area contributed by atoms with Crippen molar-refractivity contribution in [3.63, 3.8) is 0 Å². The molecule has 0 aliphatic heterocycles. The van der Waals surface area contributed by atoms with E-state index in [1.807, 2.05) is 30.3 Å². The van der Waals surface area contributed by atoms with Crippen LogP contribution in [0.5, 0.6) is 0 Å². The van der Waals surface area contributed by atoms with Crippen molar-refractivity contribution in [3.8, 4) is 0 Å². The maximum absolute atomic E-state index is 12.9. The fourth-order valence-electron chi connectivity index (χ4n) is 3.01. The summed E-state index contributed by atoms with van der Waals surface area (Å²) in [5.74, 6) is -0.249. The third kappa shape index (κ3) is 4.25. The highest BCUT2D eigenvalue weighted by Crippen LogP contribution is 2.32. The Bertz CT molecular complexity index is 847. The van der Waals surface area contributed by atoms with Crippen LogP contribution < -0.4 is 10.9 Å². The van der Waals surface area contributed by atoms with Crippen LogP contribution in [0.2, 0.25) is 5.15 Å². The second kappa shape index (κ2) is 7.91. The van der Waals surface area contributed by atoms with E-state index in [1.165, 1.54) is 17.4 Å². The third-order valence-electron chi connectivity index (χ3n) is 4.70. The molecule has 26 heavy (non-hydrogen) atoms. The molecule has 6 nitrogen and oxygen atoms in total. The number of aliphatic carboxylic acids is 1. The van der Waals surface area contributed by atoms with Crippen molar-refractivity contribution in [2.75, 3.05) is 11.9 Å². The topological polar surface area (TPSA) is 84.2 Å². The summed E-state index contributed by atoms with van der Waals surface area (Å²) in [6, 6.07) is 8.18. The van der Waals surface area contributed by atoms with Crippen molar-refractivity contribution in [2.24, 2.45) is 5.92 Å². The molecule has 1 unspecified atom stereocenters. The summed E-state index contributed by atoms with van der Waals surface area (Å²) in [5, 5.41) is 12.9. The van der Waals surface area contributed by atoms with Crippen LogP contribution in [0.15, 0.2) is 35.1 Å². The van der Waals surface area contributed by atoms with E-state index in [0.717, 1.165) is 17.9 Å². The van der Waals surface area contributed by atoms with Crippen LogP contribution in [0.1, 0.15) is 36.6 Å². The number of nitrogens with zero attached hydrogens (tertiary/aromatic N) is 2. The Balaban J connectivity index is 1.92. The van der Waals surface area contributed by atoms with E-state index in [-0.39, 0.29) is 17.4 Å². The van der Waals surface area contributed by atoms with E-state index in [4.69, 9.17) is 11.6 Å². The minimum atomic E-state index is -1.08. The lowest BCUT2D eigenvalue weighted by molar-refractivity contribution is -0.141. The van der Waals surface area contributed by atoms with Gasteiger partial charge in [-0.05, 0) is 24.8 Å². The molecule has 1 aromatic heterocycles. The summed E-state index contributed by atoms with van der Waals surface area (Å²) < 4.78 is 1.24. The number of carbonyl (C=O) groups is 1. The number of rotatable bonds is 8. The van der Waals surface area contributed by atoms with Gasteiger partial charge in [-0.15, -0.1) is 0 Å². The van der Waals surface area contributed by atoms with Crippen LogP contribution in [-0.4, -0.2) is 27.2 Å². The van der Waals surface area contributed by atoms with E-state index in [9.17, 15) is 14.7 Å². The molecule has 0 bridgehead atoms. The zero-order valence-corrected chi connectivity index (χ0v) is 15.4. The lowest BCUT2D eigenvalue weighted by Crippen LogP contribution is -2.35. The predicted molar refractivity (Wildman–Crippen MR) is 101 cm³/mol. The third-order valence-corrected chi connectivity index (χ3v) is 5.06. The van der Waals surface area contributed by atoms with Gasteiger partial charge in [-0.3, -0.25) is 9.36 Å². The number of benzene rings is 1. The first-order valence-electron chi connectivity index (χ1n) is 8.76. The number of carboxylic acids is 1. The van der Waals surface area contributed by atoms with Gasteiger partial charge >= 0.3 is 5.97 Å². The molecule has 2 aromatic rings. The SMILES string of the molecule is Cc1c(Cl)nc(NCCC2CC2)c(=O)n1C(Cc1ccccc1)C(=O)O. The first-order chi connectivity index (χ1) is 12.5. The van der Waals surface area contributed by atoms with Gasteiger partial charge in [-0.25, -0.2) is 9.78 Å². The molecule has 2 N–H and O–H groups in total. The molecule has 1 fully saturated rings. The van der Waals surface area contributed by atoms with E-state index in [2.05, 4.69) is 10.3 Å². The van der Waals surface area contributed by atoms with Crippen LogP contribution >= 0.6 is 11.6 Å². The number of hydrogen-bond donors (Lipinski definition) is 2. The Hall–Kier alpha value is -2.34. The molecule has 1 aromatic carbocycles. The van der Waals surface area contributed by atoms with E-state index in [1.54, 1.807) is 6.92 Å². The van der Waals surface area contributed by atoms with Gasteiger partial charge in [-0.2, -0.15) is 0 Å². The second-order valence-corrected chi connectivity index (χ2v) is 7.07. The van der Waals surface area contributed by atoms with Gasteiger partial charge in [0, 0.05) is 13.0 Å². The van der Waals surface area contributed by atoms with Gasteiger partial charge in [0.1, 0.15) is 6.04 Å². The smallest absolute Gasteiger partial charge is 0.327 e. The fourth-order valence-corrected chi connectivity index (χ4v) is 3.19. The monoisotopic (exact) mass is 375 g/mol. The average molecular weight is 376 g/mol. The van der Waals surface area contributed by atoms with E-state index < -0.39 is 17.6 Å². The fraction of sp³-hybridized carbons (Fsp3) is 0.421. The van der Waals surface area contributed by atoms with Crippen molar-refractivity contribution in [2.45, 2.75) is 38.6 Å². The Morgan fingerprint density at radius 3 is 2.69 bits per heavy atom. The molecule has 1 heterocycles. The molecule has 0 amide bonds. The van der Waals surface area contributed by atoms with Gasteiger partial charge in [0.25, 0.3) is 5.56 Å². The Kier molecular flexibility index (Phi) is 5.61. The van der Waals surface area contributed by atoms with Crippen LogP contribution in [0.25, 0.3) is 0 Å². The minimum absolute atomic E-state index is 0.112. The van der Waals surface area contributed by atoms with Gasteiger partial charge in [-0.1, -0.05) is 54.8 Å². The van der Waals surface area contributed by atoms with Gasteiger partial charge < -0.3 is 10.4 Å². The molecule has 1 aliphatic rings. The summed E-state index contributed by atoms with van der Waals surface area (Å²) in [4.78, 5) is 28.9. The lowest BCUT2D eigenvalue weighted by atomic mass is 10.1. The number of hydrogen-bond acceptors (Lipinski definition) is 4. The summed E-state index contributed by atoms with van der Waals surface area (Å²) in [5.41, 5.74) is 0.737. The van der Waals surface area contributed by atoms with Crippen LogP contribution in [-0.2, 0) is 11.2 Å². The van der Waals surface area contributed by atoms with Crippen LogP contribution in [0.3, 0.4) is 0 Å². The maximum Gasteiger partial charge on any atom is 0.327 e. The number of aromatic nitrogens is 2. The molecule has 1 atom stereocenters. The highest BCUT2D eigenvalue weighted by atomic mass is 35.5. The summed E-state index contributed by atoms with van der Waals surface area (Å²) in [6.07, 6.45) is 3.62. The zero-order valence-electron chi connectivity index (χ0n) is 14.6. The van der Waals surface area contributed by atoms with Gasteiger partial charge in [0.15, 0.2) is 11.0 Å². The average Bonchev–Trinajstić information content (AvgIpc) is 3.43. The molecule has 7 heteroatoms. The molecule has 0 radical (unpaired) electrons. The van der Waals surface area contributed by atoms with Crippen LogP contribution in [0, 0.1) is 12.8 Å². The Labute approximate surface area is 156 Å². The van der Waals surface area contributed by atoms with Crippen molar-refractivity contribution in [1.29, 1.82) is 0 Å². The normalized spacial score (nSPS) is 14.8. The second-order valence-electron chi connectivity index (χ2n) is 6.71. The Morgan fingerprint density at radius 2 is 2.08 bits per heavy atom. The minimum Gasteiger partial charge on any atom is -0.480 e. The van der Waals surface area contributed by atoms with E-state index in [0.29, 0.717) is 12.2 Å².